The number of carbonyl (C=O) groups is 2. The number of rotatable bonds is 10. The molecule has 3 N–H and O–H groups in total. The first-order valence-electron chi connectivity index (χ1n) is 8.36. The third kappa shape index (κ3) is 5.66. The Morgan fingerprint density at radius 1 is 1.11 bits per heavy atom. The van der Waals surface area contributed by atoms with E-state index >= 15 is 0 Å². The fraction of sp³-hybridized carbons (Fsp3) is 0.333. The Hall–Kier alpha value is -2.65. The van der Waals surface area contributed by atoms with Crippen molar-refractivity contribution in [1.82, 2.24) is 4.72 Å². The van der Waals surface area contributed by atoms with Gasteiger partial charge in [0.15, 0.2) is 0 Å². The average Bonchev–Trinajstić information content (AvgIpc) is 2.62. The van der Waals surface area contributed by atoms with E-state index in [1.807, 2.05) is 6.92 Å². The van der Waals surface area contributed by atoms with Crippen LogP contribution in [0.3, 0.4) is 0 Å². The van der Waals surface area contributed by atoms with E-state index in [2.05, 4.69) is 4.72 Å². The number of fused-ring (bicyclic) bond motifs is 1. The quantitative estimate of drug-likeness (QED) is 0.562. The summed E-state index contributed by atoms with van der Waals surface area (Å²) in [7, 11) is -4.12. The first-order valence-corrected chi connectivity index (χ1v) is 9.85. The van der Waals surface area contributed by atoms with Crippen molar-refractivity contribution in [2.45, 2.75) is 37.1 Å². The Bertz CT molecular complexity index is 940. The van der Waals surface area contributed by atoms with E-state index in [1.165, 1.54) is 12.1 Å². The SMILES string of the molecule is CCCOc1ccc2cc(S(=O)(=O)N[C@H](CCC(=O)O)C(=O)O)ccc2c1. The molecule has 27 heavy (non-hydrogen) atoms. The Morgan fingerprint density at radius 2 is 1.78 bits per heavy atom. The molecule has 146 valence electrons. The van der Waals surface area contributed by atoms with Gasteiger partial charge in [-0.25, -0.2) is 8.42 Å². The fourth-order valence-electron chi connectivity index (χ4n) is 2.43. The van der Waals surface area contributed by atoms with Crippen molar-refractivity contribution < 1.29 is 33.0 Å². The predicted molar refractivity (Wildman–Crippen MR) is 98.3 cm³/mol. The summed E-state index contributed by atoms with van der Waals surface area (Å²) in [5.74, 6) is -1.96. The Labute approximate surface area is 156 Å². The van der Waals surface area contributed by atoms with Gasteiger partial charge in [-0.05, 0) is 47.9 Å². The fourth-order valence-corrected chi connectivity index (χ4v) is 3.69. The molecule has 0 aromatic heterocycles. The lowest BCUT2D eigenvalue weighted by molar-refractivity contribution is -0.140. The molecule has 0 spiro atoms. The minimum absolute atomic E-state index is 0.0983. The van der Waals surface area contributed by atoms with E-state index in [1.54, 1.807) is 24.3 Å². The third-order valence-electron chi connectivity index (χ3n) is 3.81. The van der Waals surface area contributed by atoms with Crippen LogP contribution < -0.4 is 9.46 Å². The smallest absolute Gasteiger partial charge is 0.321 e. The van der Waals surface area contributed by atoms with Crippen molar-refractivity contribution in [2.75, 3.05) is 6.61 Å². The van der Waals surface area contributed by atoms with Crippen molar-refractivity contribution in [3.63, 3.8) is 0 Å². The topological polar surface area (TPSA) is 130 Å². The maximum absolute atomic E-state index is 12.5. The first kappa shape index (κ1) is 20.7. The number of carboxylic acid groups (broad SMARTS) is 2. The second-order valence-corrected chi connectivity index (χ2v) is 7.68. The lowest BCUT2D eigenvalue weighted by Crippen LogP contribution is -2.41. The summed E-state index contributed by atoms with van der Waals surface area (Å²) in [5.41, 5.74) is 0. The van der Waals surface area contributed by atoms with Crippen molar-refractivity contribution in [1.29, 1.82) is 0 Å². The molecule has 0 fully saturated rings. The van der Waals surface area contributed by atoms with Gasteiger partial charge in [0.25, 0.3) is 0 Å². The van der Waals surface area contributed by atoms with Crippen LogP contribution in [0, 0.1) is 0 Å². The minimum Gasteiger partial charge on any atom is -0.494 e. The first-order chi connectivity index (χ1) is 12.7. The summed E-state index contributed by atoms with van der Waals surface area (Å²) in [6.45, 7) is 2.57. The molecule has 2 aromatic carbocycles. The zero-order valence-electron chi connectivity index (χ0n) is 14.7. The molecule has 0 aliphatic heterocycles. The Balaban J connectivity index is 2.25. The van der Waals surface area contributed by atoms with Crippen molar-refractivity contribution >= 4 is 32.7 Å². The maximum atomic E-state index is 12.5. The van der Waals surface area contributed by atoms with Crippen LogP contribution in [0.25, 0.3) is 10.8 Å². The van der Waals surface area contributed by atoms with Crippen LogP contribution in [-0.4, -0.2) is 43.2 Å². The molecular formula is C18H21NO7S. The van der Waals surface area contributed by atoms with Crippen LogP contribution in [0.1, 0.15) is 26.2 Å². The van der Waals surface area contributed by atoms with Gasteiger partial charge in [-0.2, -0.15) is 4.72 Å². The number of nitrogens with one attached hydrogen (secondary N) is 1. The van der Waals surface area contributed by atoms with Crippen LogP contribution in [0.15, 0.2) is 41.3 Å². The average molecular weight is 395 g/mol. The number of ether oxygens (including phenoxy) is 1. The van der Waals surface area contributed by atoms with Crippen LogP contribution >= 0.6 is 0 Å². The van der Waals surface area contributed by atoms with Crippen LogP contribution in [0.5, 0.6) is 5.75 Å². The second kappa shape index (κ2) is 8.83. The predicted octanol–water partition coefficient (Wildman–Crippen LogP) is 2.22. The highest BCUT2D eigenvalue weighted by atomic mass is 32.2. The summed E-state index contributed by atoms with van der Waals surface area (Å²) < 4.78 is 32.6. The van der Waals surface area contributed by atoms with Crippen LogP contribution in [0.2, 0.25) is 0 Å². The van der Waals surface area contributed by atoms with Gasteiger partial charge in [0, 0.05) is 6.42 Å². The monoisotopic (exact) mass is 395 g/mol. The molecule has 1 atom stereocenters. The second-order valence-electron chi connectivity index (χ2n) is 5.96. The van der Waals surface area contributed by atoms with Gasteiger partial charge >= 0.3 is 11.9 Å². The summed E-state index contributed by atoms with van der Waals surface area (Å²) in [6, 6.07) is 8.12. The summed E-state index contributed by atoms with van der Waals surface area (Å²) in [5, 5.41) is 19.2. The highest BCUT2D eigenvalue weighted by Crippen LogP contribution is 2.24. The molecule has 0 bridgehead atoms. The van der Waals surface area contributed by atoms with Gasteiger partial charge in [-0.3, -0.25) is 9.59 Å². The van der Waals surface area contributed by atoms with Gasteiger partial charge in [-0.15, -0.1) is 0 Å². The van der Waals surface area contributed by atoms with E-state index in [0.29, 0.717) is 17.7 Å². The highest BCUT2D eigenvalue weighted by Gasteiger charge is 2.26. The third-order valence-corrected chi connectivity index (χ3v) is 5.28. The van der Waals surface area contributed by atoms with Crippen molar-refractivity contribution in [2.24, 2.45) is 0 Å². The molecule has 0 saturated heterocycles. The van der Waals surface area contributed by atoms with Crippen molar-refractivity contribution in [3.8, 4) is 5.75 Å². The molecule has 0 saturated carbocycles. The minimum atomic E-state index is -4.12. The molecule has 8 nitrogen and oxygen atoms in total. The van der Waals surface area contributed by atoms with Gasteiger partial charge in [0.05, 0.1) is 11.5 Å². The van der Waals surface area contributed by atoms with Crippen LogP contribution in [0.4, 0.5) is 0 Å². The molecule has 0 aliphatic carbocycles. The summed E-state index contributed by atoms with van der Waals surface area (Å²) >= 11 is 0. The maximum Gasteiger partial charge on any atom is 0.321 e. The highest BCUT2D eigenvalue weighted by molar-refractivity contribution is 7.89. The van der Waals surface area contributed by atoms with E-state index in [4.69, 9.17) is 14.9 Å². The molecule has 0 heterocycles. The summed E-state index contributed by atoms with van der Waals surface area (Å²) in [4.78, 5) is 21.7. The Kier molecular flexibility index (Phi) is 6.75. The van der Waals surface area contributed by atoms with Crippen LogP contribution in [-0.2, 0) is 19.6 Å². The molecule has 2 aromatic rings. The van der Waals surface area contributed by atoms with E-state index < -0.39 is 34.4 Å². The molecule has 9 heteroatoms. The number of sulfonamides is 1. The molecule has 2 rings (SSSR count). The van der Waals surface area contributed by atoms with Gasteiger partial charge in [0.1, 0.15) is 11.8 Å². The number of carboxylic acids is 2. The number of benzene rings is 2. The lowest BCUT2D eigenvalue weighted by atomic mass is 10.1. The normalized spacial score (nSPS) is 12.6. The molecule has 0 radical (unpaired) electrons. The number of hydrogen-bond acceptors (Lipinski definition) is 5. The number of hydrogen-bond donors (Lipinski definition) is 3. The molecular weight excluding hydrogens is 374 g/mol. The van der Waals surface area contributed by atoms with Gasteiger partial charge in [0.2, 0.25) is 10.0 Å². The zero-order valence-corrected chi connectivity index (χ0v) is 15.5. The summed E-state index contributed by atoms with van der Waals surface area (Å²) in [6.07, 6.45) is 0.0564. The Morgan fingerprint density at radius 3 is 2.41 bits per heavy atom. The molecule has 0 aliphatic rings. The van der Waals surface area contributed by atoms with Gasteiger partial charge in [-0.1, -0.05) is 19.1 Å². The van der Waals surface area contributed by atoms with E-state index in [0.717, 1.165) is 11.8 Å². The lowest BCUT2D eigenvalue weighted by Gasteiger charge is -2.14. The van der Waals surface area contributed by atoms with Crippen molar-refractivity contribution in [3.05, 3.63) is 36.4 Å². The largest absolute Gasteiger partial charge is 0.494 e. The molecule has 0 amide bonds. The van der Waals surface area contributed by atoms with E-state index in [-0.39, 0.29) is 11.3 Å². The number of aliphatic carboxylic acids is 2. The van der Waals surface area contributed by atoms with E-state index in [9.17, 15) is 18.0 Å². The molecule has 0 unspecified atom stereocenters. The van der Waals surface area contributed by atoms with Gasteiger partial charge < -0.3 is 14.9 Å². The zero-order chi connectivity index (χ0) is 20.0. The standard InChI is InChI=1S/C18H21NO7S/c1-2-9-26-14-5-3-13-11-15(6-4-12(13)10-14)27(24,25)19-16(18(22)23)7-8-17(20)21/h3-6,10-11,16,19H,2,7-9H2,1H3,(H,20,21)(H,22,23)/t16-/m1/s1.